The first-order chi connectivity index (χ1) is 33.1. The molecule has 2 fully saturated rings. The second-order valence-corrected chi connectivity index (χ2v) is 21.1. The molecular weight excluding hydrogens is 890 g/mol. The van der Waals surface area contributed by atoms with Crippen LogP contribution in [-0.2, 0) is 48.1 Å². The van der Waals surface area contributed by atoms with E-state index < -0.39 is 52.8 Å². The Morgan fingerprint density at radius 2 is 1.79 bits per heavy atom. The molecule has 0 spiro atoms. The Morgan fingerprint density at radius 1 is 1.06 bits per heavy atom. The van der Waals surface area contributed by atoms with Gasteiger partial charge in [0.15, 0.2) is 5.67 Å². The summed E-state index contributed by atoms with van der Waals surface area (Å²) in [6.07, 6.45) is 8.97. The van der Waals surface area contributed by atoms with E-state index in [0.717, 1.165) is 52.5 Å². The van der Waals surface area contributed by atoms with E-state index in [-0.39, 0.29) is 68.7 Å². The molecule has 0 radical (unpaired) electrons. The lowest BCUT2D eigenvalue weighted by Crippen LogP contribution is -2.58. The second kappa shape index (κ2) is 21.1. The van der Waals surface area contributed by atoms with Crippen LogP contribution in [0.15, 0.2) is 78.6 Å². The van der Waals surface area contributed by atoms with Gasteiger partial charge in [0.25, 0.3) is 11.8 Å². The predicted octanol–water partition coefficient (Wildman–Crippen LogP) is 7.11. The van der Waals surface area contributed by atoms with Crippen LogP contribution in [0.5, 0.6) is 5.75 Å². The Kier molecular flexibility index (Phi) is 15.6. The number of cyclic esters (lactones) is 1. The number of esters is 1. The van der Waals surface area contributed by atoms with E-state index in [0.29, 0.717) is 24.8 Å². The second-order valence-electron chi connectivity index (χ2n) is 21.1. The summed E-state index contributed by atoms with van der Waals surface area (Å²) in [6, 6.07) is 9.66. The molecular formula is C55H72FN7O7. The lowest BCUT2D eigenvalue weighted by molar-refractivity contribution is -0.154. The summed E-state index contributed by atoms with van der Waals surface area (Å²) in [4.78, 5) is 73.6. The van der Waals surface area contributed by atoms with Gasteiger partial charge in [-0.1, -0.05) is 65.5 Å². The van der Waals surface area contributed by atoms with Gasteiger partial charge in [0.05, 0.1) is 6.61 Å². The molecule has 4 aliphatic rings. The van der Waals surface area contributed by atoms with Crippen molar-refractivity contribution in [2.75, 3.05) is 53.9 Å². The lowest BCUT2D eigenvalue weighted by Gasteiger charge is -2.39. The summed E-state index contributed by atoms with van der Waals surface area (Å²) in [6.45, 7) is 17.6. The van der Waals surface area contributed by atoms with E-state index in [9.17, 15) is 29.1 Å². The Morgan fingerprint density at radius 3 is 2.46 bits per heavy atom. The van der Waals surface area contributed by atoms with Crippen LogP contribution in [0.2, 0.25) is 0 Å². The number of aryl methyl sites for hydroxylation is 1. The summed E-state index contributed by atoms with van der Waals surface area (Å²) < 4.78 is 24.9. The van der Waals surface area contributed by atoms with Crippen LogP contribution >= 0.6 is 0 Å². The average molecular weight is 962 g/mol. The number of benzene rings is 2. The normalized spacial score (nSPS) is 21.7. The Labute approximate surface area is 412 Å². The van der Waals surface area contributed by atoms with Crippen molar-refractivity contribution < 1.29 is 38.2 Å². The summed E-state index contributed by atoms with van der Waals surface area (Å²) in [5.41, 5.74) is 8.65. The molecule has 2 aromatic carbocycles. The van der Waals surface area contributed by atoms with Crippen molar-refractivity contribution in [2.45, 2.75) is 111 Å². The first kappa shape index (κ1) is 51.8. The number of nitrogens with zero attached hydrogens (tertiary/aromatic N) is 5. The number of aromatic nitrogens is 1. The minimum absolute atomic E-state index is 0.00827. The van der Waals surface area contributed by atoms with Crippen molar-refractivity contribution in [1.29, 1.82) is 0 Å². The SMILES string of the molecule is C=CC(=O)N1CCC(F)(C(=O)N(C)[C@H](C(=O)N/C=C2\Cc3cc(O)cc(c3)-c3ccc4c(c3)c(c(C3=C(CN(C)C)C=CCC3C)n4CC)CC(C)(C)COC(=O)[C@@H]3CCCN(N3)C2=O)C(C)C)CC1. The molecule has 3 aliphatic heterocycles. The molecule has 4 heterocycles. The van der Waals surface area contributed by atoms with Crippen molar-refractivity contribution in [1.82, 2.24) is 35.0 Å². The molecule has 4 amide bonds. The number of hydrogen-bond acceptors (Lipinski definition) is 9. The number of nitrogens with one attached hydrogen (secondary N) is 2. The zero-order chi connectivity index (χ0) is 50.8. The van der Waals surface area contributed by atoms with Gasteiger partial charge in [-0.2, -0.15) is 0 Å². The van der Waals surface area contributed by atoms with E-state index in [1.165, 1.54) is 45.6 Å². The van der Waals surface area contributed by atoms with Gasteiger partial charge in [0, 0.05) is 92.8 Å². The van der Waals surface area contributed by atoms with Gasteiger partial charge in [-0.3, -0.25) is 29.0 Å². The number of fused-ring (bicyclic) bond motifs is 6. The number of phenolic OH excluding ortho intramolecular Hbond substituents is 1. The number of amides is 4. The van der Waals surface area contributed by atoms with Crippen molar-refractivity contribution >= 4 is 46.1 Å². The number of piperidine rings is 1. The number of carbonyl (C=O) groups excluding carboxylic acids is 5. The first-order valence-corrected chi connectivity index (χ1v) is 24.8. The molecule has 1 unspecified atom stereocenters. The monoisotopic (exact) mass is 962 g/mol. The topological polar surface area (TPSA) is 157 Å². The first-order valence-electron chi connectivity index (χ1n) is 24.8. The number of likely N-dealkylation sites (tertiary alicyclic amines) is 1. The molecule has 1 aromatic heterocycles. The van der Waals surface area contributed by atoms with Crippen LogP contribution in [0, 0.1) is 17.3 Å². The Balaban J connectivity index is 1.30. The summed E-state index contributed by atoms with van der Waals surface area (Å²) >= 11 is 0. The van der Waals surface area contributed by atoms with E-state index in [4.69, 9.17) is 4.74 Å². The quantitative estimate of drug-likeness (QED) is 0.142. The third kappa shape index (κ3) is 10.9. The van der Waals surface area contributed by atoms with Crippen LogP contribution in [0.3, 0.4) is 0 Å². The van der Waals surface area contributed by atoms with Gasteiger partial charge in [-0.15, -0.1) is 0 Å². The molecule has 3 aromatic rings. The van der Waals surface area contributed by atoms with Crippen molar-refractivity contribution in [2.24, 2.45) is 17.3 Å². The number of alkyl halides is 1. The highest BCUT2D eigenvalue weighted by Crippen LogP contribution is 2.44. The lowest BCUT2D eigenvalue weighted by atomic mass is 9.80. The number of carbonyl (C=O) groups is 5. The predicted molar refractivity (Wildman–Crippen MR) is 271 cm³/mol. The molecule has 1 aliphatic carbocycles. The number of hydrazine groups is 1. The van der Waals surface area contributed by atoms with Crippen molar-refractivity contribution in [3.8, 4) is 16.9 Å². The van der Waals surface area contributed by atoms with Crippen LogP contribution in [0.4, 0.5) is 4.39 Å². The number of phenols is 1. The summed E-state index contributed by atoms with van der Waals surface area (Å²) in [5.74, 6) is -3.03. The maximum atomic E-state index is 16.3. The number of hydrogen-bond donors (Lipinski definition) is 3. The highest BCUT2D eigenvalue weighted by atomic mass is 19.1. The fourth-order valence-electron chi connectivity index (χ4n) is 10.8. The van der Waals surface area contributed by atoms with Gasteiger partial charge in [-0.05, 0) is 122 Å². The smallest absolute Gasteiger partial charge is 0.324 e. The molecule has 70 heavy (non-hydrogen) atoms. The molecule has 3 N–H and O–H groups in total. The number of ether oxygens (including phenoxy) is 1. The van der Waals surface area contributed by atoms with Crippen LogP contribution in [-0.4, -0.2) is 131 Å². The van der Waals surface area contributed by atoms with Crippen LogP contribution < -0.4 is 10.7 Å². The average Bonchev–Trinajstić information content (AvgIpc) is 3.61. The van der Waals surface area contributed by atoms with E-state index in [1.54, 1.807) is 26.0 Å². The minimum atomic E-state index is -2.29. The molecule has 3 atom stereocenters. The minimum Gasteiger partial charge on any atom is -0.508 e. The van der Waals surface area contributed by atoms with E-state index in [2.05, 4.69) is 98.9 Å². The van der Waals surface area contributed by atoms with Gasteiger partial charge in [-0.25, -0.2) is 9.82 Å². The molecule has 0 saturated carbocycles. The maximum absolute atomic E-state index is 16.3. The van der Waals surface area contributed by atoms with Gasteiger partial charge < -0.3 is 34.4 Å². The van der Waals surface area contributed by atoms with Crippen LogP contribution in [0.25, 0.3) is 27.6 Å². The van der Waals surface area contributed by atoms with Crippen molar-refractivity contribution in [3.05, 3.63) is 95.4 Å². The number of likely N-dealkylation sites (N-methyl/N-ethyl adjacent to an activating group) is 2. The number of halogens is 1. The number of allylic oxidation sites excluding steroid dienone is 2. The standard InChI is InChI=1S/C55H72FN7O7/c1-11-46(65)61-23-20-55(56,21-24-61)53(69)60(10)48(34(3)4)50(66)57-31-40-26-36-25-39(28-41(64)27-36)37-18-19-45-42(29-37)43(49(62(45)12-2)47-35(5)15-13-16-38(47)32-59(8)9)30-54(6,7)33-70-52(68)44-17-14-22-63(58-44)51(40)67/h11,13,16,18-19,25,27-29,31,34-35,44,48,58,64H,1,12,14-15,17,20-24,26,30,32-33H2,2-10H3,(H,57,66)/b40-31+/t35?,44-,48-/m0/s1. The zero-order valence-electron chi connectivity index (χ0n) is 42.5. The zero-order valence-corrected chi connectivity index (χ0v) is 42.5. The highest BCUT2D eigenvalue weighted by molar-refractivity contribution is 5.97. The Hall–Kier alpha value is -6.06. The van der Waals surface area contributed by atoms with Gasteiger partial charge >= 0.3 is 5.97 Å². The van der Waals surface area contributed by atoms with Gasteiger partial charge in [0.2, 0.25) is 11.8 Å². The van der Waals surface area contributed by atoms with Crippen molar-refractivity contribution in [3.63, 3.8) is 0 Å². The fourth-order valence-corrected chi connectivity index (χ4v) is 10.8. The Bertz CT molecular complexity index is 2630. The molecule has 6 bridgehead atoms. The fraction of sp³-hybridized carbons (Fsp3) is 0.509. The molecule has 14 nitrogen and oxygen atoms in total. The third-order valence-electron chi connectivity index (χ3n) is 14.3. The van der Waals surface area contributed by atoms with Crippen LogP contribution in [0.1, 0.15) is 90.5 Å². The summed E-state index contributed by atoms with van der Waals surface area (Å²) in [5, 5.41) is 16.6. The molecule has 376 valence electrons. The number of aromatic hydroxyl groups is 1. The van der Waals surface area contributed by atoms with E-state index in [1.807, 2.05) is 6.07 Å². The maximum Gasteiger partial charge on any atom is 0.324 e. The van der Waals surface area contributed by atoms with E-state index >= 15 is 4.39 Å². The molecule has 15 heteroatoms. The largest absolute Gasteiger partial charge is 0.508 e. The molecule has 2 saturated heterocycles. The number of rotatable bonds is 10. The third-order valence-corrected chi connectivity index (χ3v) is 14.3. The van der Waals surface area contributed by atoms with Gasteiger partial charge in [0.1, 0.15) is 17.8 Å². The highest BCUT2D eigenvalue weighted by Gasteiger charge is 2.47. The summed E-state index contributed by atoms with van der Waals surface area (Å²) in [7, 11) is 5.56. The molecule has 7 rings (SSSR count).